The molecule has 0 spiro atoms. The Hall–Kier alpha value is -2.41. The average molecular weight is 378 g/mol. The first kappa shape index (κ1) is 19.9. The zero-order valence-corrected chi connectivity index (χ0v) is 15.3. The fraction of sp³-hybridized carbons (Fsp3) is 0.316. The molecule has 0 unspecified atom stereocenters. The SMILES string of the molecule is Nc1ccccc1NC(=O)CCCCCCS(=O)(=O)c1ccc(F)cc1. The molecule has 0 aromatic heterocycles. The lowest BCUT2D eigenvalue weighted by molar-refractivity contribution is -0.116. The highest BCUT2D eigenvalue weighted by atomic mass is 32.2. The zero-order valence-electron chi connectivity index (χ0n) is 14.4. The molecule has 0 saturated heterocycles. The lowest BCUT2D eigenvalue weighted by Crippen LogP contribution is -2.12. The molecule has 26 heavy (non-hydrogen) atoms. The Morgan fingerprint density at radius 1 is 0.962 bits per heavy atom. The van der Waals surface area contributed by atoms with Gasteiger partial charge in [0.25, 0.3) is 0 Å². The first-order valence-electron chi connectivity index (χ1n) is 8.51. The molecule has 0 fully saturated rings. The quantitative estimate of drug-likeness (QED) is 0.395. The number of nitrogen functional groups attached to an aromatic ring is 1. The van der Waals surface area contributed by atoms with Crippen LogP contribution in [0.15, 0.2) is 53.4 Å². The number of nitrogens with two attached hydrogens (primary N) is 1. The number of hydrogen-bond donors (Lipinski definition) is 2. The number of rotatable bonds is 9. The first-order chi connectivity index (χ1) is 12.4. The molecule has 0 aliphatic heterocycles. The summed E-state index contributed by atoms with van der Waals surface area (Å²) in [5.41, 5.74) is 6.89. The summed E-state index contributed by atoms with van der Waals surface area (Å²) in [6.07, 6.45) is 3.01. The average Bonchev–Trinajstić information content (AvgIpc) is 2.60. The van der Waals surface area contributed by atoms with Crippen LogP contribution in [0.1, 0.15) is 32.1 Å². The van der Waals surface area contributed by atoms with Gasteiger partial charge >= 0.3 is 0 Å². The molecule has 3 N–H and O–H groups in total. The van der Waals surface area contributed by atoms with E-state index in [0.29, 0.717) is 37.1 Å². The predicted octanol–water partition coefficient (Wildman–Crippen LogP) is 3.77. The molecule has 0 bridgehead atoms. The van der Waals surface area contributed by atoms with Crippen molar-refractivity contribution in [3.63, 3.8) is 0 Å². The molecule has 0 atom stereocenters. The molecule has 0 aliphatic rings. The molecule has 1 amide bonds. The fourth-order valence-electron chi connectivity index (χ4n) is 2.51. The van der Waals surface area contributed by atoms with Gasteiger partial charge in [-0.2, -0.15) is 0 Å². The van der Waals surface area contributed by atoms with Crippen molar-refractivity contribution in [1.82, 2.24) is 0 Å². The number of amides is 1. The second-order valence-electron chi connectivity index (χ2n) is 6.07. The van der Waals surface area contributed by atoms with Gasteiger partial charge in [-0.05, 0) is 49.2 Å². The minimum Gasteiger partial charge on any atom is -0.397 e. The summed E-state index contributed by atoms with van der Waals surface area (Å²) in [6, 6.07) is 11.9. The molecular formula is C19H23FN2O3S. The summed E-state index contributed by atoms with van der Waals surface area (Å²) in [5, 5.41) is 2.76. The van der Waals surface area contributed by atoms with Crippen molar-refractivity contribution < 1.29 is 17.6 Å². The highest BCUT2D eigenvalue weighted by Crippen LogP contribution is 2.18. The van der Waals surface area contributed by atoms with E-state index in [0.717, 1.165) is 18.6 Å². The molecule has 0 heterocycles. The Morgan fingerprint density at radius 3 is 2.31 bits per heavy atom. The molecule has 2 aromatic rings. The number of sulfone groups is 1. The summed E-state index contributed by atoms with van der Waals surface area (Å²) < 4.78 is 37.1. The number of hydrogen-bond acceptors (Lipinski definition) is 4. The molecule has 2 aromatic carbocycles. The van der Waals surface area contributed by atoms with Gasteiger partial charge in [0.15, 0.2) is 9.84 Å². The van der Waals surface area contributed by atoms with Crippen molar-refractivity contribution in [2.24, 2.45) is 0 Å². The Kier molecular flexibility index (Phi) is 7.15. The molecule has 2 rings (SSSR count). The van der Waals surface area contributed by atoms with Gasteiger partial charge in [0.1, 0.15) is 5.82 Å². The smallest absolute Gasteiger partial charge is 0.224 e. The number of carbonyl (C=O) groups is 1. The molecule has 7 heteroatoms. The van der Waals surface area contributed by atoms with E-state index >= 15 is 0 Å². The van der Waals surface area contributed by atoms with Crippen molar-refractivity contribution in [2.45, 2.75) is 37.0 Å². The van der Waals surface area contributed by atoms with E-state index in [1.54, 1.807) is 24.3 Å². The first-order valence-corrected chi connectivity index (χ1v) is 10.2. The Labute approximate surface area is 153 Å². The Morgan fingerprint density at radius 2 is 1.62 bits per heavy atom. The van der Waals surface area contributed by atoms with Gasteiger partial charge in [-0.3, -0.25) is 4.79 Å². The highest BCUT2D eigenvalue weighted by molar-refractivity contribution is 7.91. The lowest BCUT2D eigenvalue weighted by atomic mass is 10.1. The summed E-state index contributed by atoms with van der Waals surface area (Å²) in [5.74, 6) is -0.549. The molecule has 0 saturated carbocycles. The Bertz CT molecular complexity index is 836. The number of para-hydroxylation sites is 2. The number of halogens is 1. The van der Waals surface area contributed by atoms with E-state index < -0.39 is 15.7 Å². The molecule has 0 radical (unpaired) electrons. The third-order valence-electron chi connectivity index (χ3n) is 3.97. The van der Waals surface area contributed by atoms with Gasteiger partial charge in [-0.1, -0.05) is 25.0 Å². The lowest BCUT2D eigenvalue weighted by Gasteiger charge is -2.08. The zero-order chi connectivity index (χ0) is 19.0. The van der Waals surface area contributed by atoms with Crippen molar-refractivity contribution in [3.8, 4) is 0 Å². The number of nitrogens with one attached hydrogen (secondary N) is 1. The van der Waals surface area contributed by atoms with E-state index in [9.17, 15) is 17.6 Å². The standard InChI is InChI=1S/C19H23FN2O3S/c20-15-10-12-16(13-11-15)26(24,25)14-6-2-1-3-9-19(23)22-18-8-5-4-7-17(18)21/h4-5,7-8,10-13H,1-3,6,9,14,21H2,(H,22,23). The van der Waals surface area contributed by atoms with Crippen LogP contribution in [0.2, 0.25) is 0 Å². The van der Waals surface area contributed by atoms with E-state index in [2.05, 4.69) is 5.32 Å². The monoisotopic (exact) mass is 378 g/mol. The second kappa shape index (κ2) is 9.33. The predicted molar refractivity (Wildman–Crippen MR) is 101 cm³/mol. The van der Waals surface area contributed by atoms with Gasteiger partial charge in [-0.25, -0.2) is 12.8 Å². The van der Waals surface area contributed by atoms with Crippen molar-refractivity contribution in [3.05, 3.63) is 54.3 Å². The number of anilines is 2. The van der Waals surface area contributed by atoms with Crippen LogP contribution in [0.5, 0.6) is 0 Å². The minimum atomic E-state index is -3.39. The van der Waals surface area contributed by atoms with E-state index in [1.165, 1.54) is 12.1 Å². The third-order valence-corrected chi connectivity index (χ3v) is 5.79. The third kappa shape index (κ3) is 6.15. The van der Waals surface area contributed by atoms with Crippen LogP contribution >= 0.6 is 0 Å². The summed E-state index contributed by atoms with van der Waals surface area (Å²) in [7, 11) is -3.39. The topological polar surface area (TPSA) is 89.3 Å². The van der Waals surface area contributed by atoms with Crippen molar-refractivity contribution >= 4 is 27.1 Å². The molecule has 0 aliphatic carbocycles. The van der Waals surface area contributed by atoms with Crippen LogP contribution in [-0.2, 0) is 14.6 Å². The summed E-state index contributed by atoms with van der Waals surface area (Å²) >= 11 is 0. The van der Waals surface area contributed by atoms with Crippen LogP contribution < -0.4 is 11.1 Å². The summed E-state index contributed by atoms with van der Waals surface area (Å²) in [4.78, 5) is 12.0. The Balaban J connectivity index is 1.65. The van der Waals surface area contributed by atoms with Gasteiger partial charge in [-0.15, -0.1) is 0 Å². The van der Waals surface area contributed by atoms with Crippen LogP contribution in [0.3, 0.4) is 0 Å². The van der Waals surface area contributed by atoms with E-state index in [4.69, 9.17) is 5.73 Å². The van der Waals surface area contributed by atoms with Crippen molar-refractivity contribution in [1.29, 1.82) is 0 Å². The maximum atomic E-state index is 12.9. The summed E-state index contributed by atoms with van der Waals surface area (Å²) in [6.45, 7) is 0. The number of unbranched alkanes of at least 4 members (excludes halogenated alkanes) is 3. The number of benzene rings is 2. The van der Waals surface area contributed by atoms with Crippen LogP contribution in [0.4, 0.5) is 15.8 Å². The van der Waals surface area contributed by atoms with Crippen LogP contribution in [0, 0.1) is 5.82 Å². The van der Waals surface area contributed by atoms with E-state index in [1.807, 2.05) is 0 Å². The molecule has 140 valence electrons. The maximum absolute atomic E-state index is 12.9. The van der Waals surface area contributed by atoms with Crippen LogP contribution in [0.25, 0.3) is 0 Å². The van der Waals surface area contributed by atoms with Crippen LogP contribution in [-0.4, -0.2) is 20.1 Å². The highest BCUT2D eigenvalue weighted by Gasteiger charge is 2.13. The second-order valence-corrected chi connectivity index (χ2v) is 8.18. The molecular weight excluding hydrogens is 355 g/mol. The number of carbonyl (C=O) groups excluding carboxylic acids is 1. The van der Waals surface area contributed by atoms with Gasteiger partial charge in [0, 0.05) is 6.42 Å². The maximum Gasteiger partial charge on any atom is 0.224 e. The molecule has 5 nitrogen and oxygen atoms in total. The minimum absolute atomic E-state index is 0.0192. The van der Waals surface area contributed by atoms with Gasteiger partial charge in [0.05, 0.1) is 22.0 Å². The normalized spacial score (nSPS) is 11.3. The van der Waals surface area contributed by atoms with Gasteiger partial charge < -0.3 is 11.1 Å². The van der Waals surface area contributed by atoms with E-state index in [-0.39, 0.29) is 16.6 Å². The van der Waals surface area contributed by atoms with Gasteiger partial charge in [0.2, 0.25) is 5.91 Å². The largest absolute Gasteiger partial charge is 0.397 e. The van der Waals surface area contributed by atoms with Crippen molar-refractivity contribution in [2.75, 3.05) is 16.8 Å². The fourth-order valence-corrected chi connectivity index (χ4v) is 3.89.